The molecule has 0 amide bonds. The molecule has 2 rings (SSSR count). The standard InChI is InChI=1S/C15H15Cl2FN2/c1-9-5-10(7-11(18)6-9)15(20-19)8-12-13(16)3-2-4-14(12)17/h2-7,15,20H,8,19H2,1H3. The Morgan fingerprint density at radius 3 is 2.40 bits per heavy atom. The van der Waals surface area contributed by atoms with Gasteiger partial charge in [0.25, 0.3) is 0 Å². The van der Waals surface area contributed by atoms with E-state index in [0.29, 0.717) is 16.5 Å². The van der Waals surface area contributed by atoms with Crippen LogP contribution < -0.4 is 11.3 Å². The van der Waals surface area contributed by atoms with Crippen LogP contribution in [0.1, 0.15) is 22.7 Å². The molecule has 0 saturated carbocycles. The predicted molar refractivity (Wildman–Crippen MR) is 81.4 cm³/mol. The minimum Gasteiger partial charge on any atom is -0.271 e. The summed E-state index contributed by atoms with van der Waals surface area (Å²) in [5, 5.41) is 1.15. The third-order valence-electron chi connectivity index (χ3n) is 3.14. The van der Waals surface area contributed by atoms with Gasteiger partial charge in [-0.15, -0.1) is 0 Å². The van der Waals surface area contributed by atoms with E-state index in [1.165, 1.54) is 12.1 Å². The Bertz CT molecular complexity index is 576. The number of rotatable bonds is 4. The van der Waals surface area contributed by atoms with Crippen LogP contribution in [0, 0.1) is 12.7 Å². The number of nitrogens with one attached hydrogen (secondary N) is 1. The average molecular weight is 313 g/mol. The summed E-state index contributed by atoms with van der Waals surface area (Å²) in [6.07, 6.45) is 0.484. The molecule has 0 bridgehead atoms. The van der Waals surface area contributed by atoms with Crippen molar-refractivity contribution < 1.29 is 4.39 Å². The van der Waals surface area contributed by atoms with Gasteiger partial charge in [-0.05, 0) is 54.3 Å². The molecule has 0 aliphatic rings. The second-order valence-electron chi connectivity index (χ2n) is 4.69. The van der Waals surface area contributed by atoms with Gasteiger partial charge in [-0.1, -0.05) is 35.3 Å². The van der Waals surface area contributed by atoms with Gasteiger partial charge in [-0.3, -0.25) is 11.3 Å². The lowest BCUT2D eigenvalue weighted by Gasteiger charge is -2.18. The zero-order valence-corrected chi connectivity index (χ0v) is 12.5. The van der Waals surface area contributed by atoms with Gasteiger partial charge >= 0.3 is 0 Å². The third kappa shape index (κ3) is 3.49. The van der Waals surface area contributed by atoms with Crippen molar-refractivity contribution in [2.24, 2.45) is 5.84 Å². The van der Waals surface area contributed by atoms with Crippen molar-refractivity contribution in [2.45, 2.75) is 19.4 Å². The molecule has 0 spiro atoms. The number of hydrogen-bond donors (Lipinski definition) is 2. The summed E-state index contributed by atoms with van der Waals surface area (Å²) in [5.41, 5.74) is 5.09. The van der Waals surface area contributed by atoms with E-state index in [-0.39, 0.29) is 11.9 Å². The summed E-state index contributed by atoms with van der Waals surface area (Å²) in [4.78, 5) is 0. The third-order valence-corrected chi connectivity index (χ3v) is 3.85. The van der Waals surface area contributed by atoms with Gasteiger partial charge in [0.05, 0.1) is 6.04 Å². The second-order valence-corrected chi connectivity index (χ2v) is 5.50. The SMILES string of the molecule is Cc1cc(F)cc(C(Cc2c(Cl)cccc2Cl)NN)c1. The van der Waals surface area contributed by atoms with Crippen LogP contribution in [0.4, 0.5) is 4.39 Å². The summed E-state index contributed by atoms with van der Waals surface area (Å²) < 4.78 is 13.5. The maximum atomic E-state index is 13.5. The summed E-state index contributed by atoms with van der Waals surface area (Å²) in [7, 11) is 0. The van der Waals surface area contributed by atoms with Crippen molar-refractivity contribution in [3.05, 3.63) is 69.0 Å². The molecule has 3 N–H and O–H groups in total. The molecular formula is C15H15Cl2FN2. The molecule has 2 nitrogen and oxygen atoms in total. The van der Waals surface area contributed by atoms with E-state index < -0.39 is 0 Å². The Labute approximate surface area is 127 Å². The monoisotopic (exact) mass is 312 g/mol. The highest BCUT2D eigenvalue weighted by molar-refractivity contribution is 6.36. The first-order valence-corrected chi connectivity index (χ1v) is 6.93. The van der Waals surface area contributed by atoms with Gasteiger partial charge in [0.15, 0.2) is 0 Å². The predicted octanol–water partition coefficient (Wildman–Crippen LogP) is 4.19. The molecule has 20 heavy (non-hydrogen) atoms. The summed E-state index contributed by atoms with van der Waals surface area (Å²) in [6, 6.07) is 9.88. The van der Waals surface area contributed by atoms with Gasteiger partial charge in [0, 0.05) is 10.0 Å². The van der Waals surface area contributed by atoms with E-state index in [1.54, 1.807) is 18.2 Å². The number of aryl methyl sites for hydroxylation is 1. The van der Waals surface area contributed by atoms with Crippen molar-refractivity contribution in [2.75, 3.05) is 0 Å². The van der Waals surface area contributed by atoms with E-state index in [0.717, 1.165) is 16.7 Å². The van der Waals surface area contributed by atoms with Gasteiger partial charge < -0.3 is 0 Å². The minimum absolute atomic E-state index is 0.262. The molecule has 0 aromatic heterocycles. The van der Waals surface area contributed by atoms with E-state index >= 15 is 0 Å². The number of hydrogen-bond acceptors (Lipinski definition) is 2. The molecule has 0 aliphatic heterocycles. The Morgan fingerprint density at radius 2 is 1.85 bits per heavy atom. The van der Waals surface area contributed by atoms with Crippen LogP contribution in [0.3, 0.4) is 0 Å². The van der Waals surface area contributed by atoms with E-state index in [2.05, 4.69) is 5.43 Å². The van der Waals surface area contributed by atoms with Crippen LogP contribution in [0.25, 0.3) is 0 Å². The number of hydrazine groups is 1. The number of halogens is 3. The molecule has 106 valence electrons. The minimum atomic E-state index is -0.287. The number of benzene rings is 2. The van der Waals surface area contributed by atoms with Crippen LogP contribution in [0.5, 0.6) is 0 Å². The van der Waals surface area contributed by atoms with Crippen molar-refractivity contribution >= 4 is 23.2 Å². The molecule has 0 heterocycles. The Balaban J connectivity index is 2.33. The fourth-order valence-electron chi connectivity index (χ4n) is 2.17. The molecule has 0 aliphatic carbocycles. The Morgan fingerprint density at radius 1 is 1.20 bits per heavy atom. The summed E-state index contributed by atoms with van der Waals surface area (Å²) in [6.45, 7) is 1.84. The lowest BCUT2D eigenvalue weighted by atomic mass is 9.98. The molecule has 0 saturated heterocycles. The normalized spacial score (nSPS) is 12.4. The second kappa shape index (κ2) is 6.55. The average Bonchev–Trinajstić information content (AvgIpc) is 2.37. The lowest BCUT2D eigenvalue weighted by Crippen LogP contribution is -2.29. The topological polar surface area (TPSA) is 38.0 Å². The highest BCUT2D eigenvalue weighted by atomic mass is 35.5. The first-order chi connectivity index (χ1) is 9.51. The van der Waals surface area contributed by atoms with Gasteiger partial charge in [-0.2, -0.15) is 0 Å². The van der Waals surface area contributed by atoms with E-state index in [1.807, 2.05) is 13.0 Å². The maximum absolute atomic E-state index is 13.5. The summed E-state index contributed by atoms with van der Waals surface area (Å²) in [5.74, 6) is 5.31. The fraction of sp³-hybridized carbons (Fsp3) is 0.200. The van der Waals surface area contributed by atoms with Crippen LogP contribution in [-0.2, 0) is 6.42 Å². The van der Waals surface area contributed by atoms with Gasteiger partial charge in [0.2, 0.25) is 0 Å². The van der Waals surface area contributed by atoms with E-state index in [4.69, 9.17) is 29.0 Å². The smallest absolute Gasteiger partial charge is 0.123 e. The highest BCUT2D eigenvalue weighted by Gasteiger charge is 2.16. The molecule has 1 atom stereocenters. The van der Waals surface area contributed by atoms with Crippen LogP contribution in [-0.4, -0.2) is 0 Å². The summed E-state index contributed by atoms with van der Waals surface area (Å²) >= 11 is 12.3. The number of nitrogens with two attached hydrogens (primary N) is 1. The first kappa shape index (κ1) is 15.3. The Hall–Kier alpha value is -1.13. The zero-order valence-electron chi connectivity index (χ0n) is 11.0. The molecule has 0 radical (unpaired) electrons. The zero-order chi connectivity index (χ0) is 14.7. The quantitative estimate of drug-likeness (QED) is 0.656. The Kier molecular flexibility index (Phi) is 5.00. The fourth-order valence-corrected chi connectivity index (χ4v) is 2.72. The lowest BCUT2D eigenvalue weighted by molar-refractivity contribution is 0.544. The van der Waals surface area contributed by atoms with Gasteiger partial charge in [-0.25, -0.2) is 4.39 Å². The molecule has 2 aromatic rings. The molecule has 5 heteroatoms. The van der Waals surface area contributed by atoms with Crippen molar-refractivity contribution in [1.29, 1.82) is 0 Å². The molecule has 2 aromatic carbocycles. The van der Waals surface area contributed by atoms with Crippen LogP contribution in [0.2, 0.25) is 10.0 Å². The van der Waals surface area contributed by atoms with Crippen molar-refractivity contribution in [3.8, 4) is 0 Å². The van der Waals surface area contributed by atoms with Crippen LogP contribution >= 0.6 is 23.2 Å². The molecule has 0 fully saturated rings. The first-order valence-electron chi connectivity index (χ1n) is 6.17. The van der Waals surface area contributed by atoms with Crippen molar-refractivity contribution in [1.82, 2.24) is 5.43 Å². The highest BCUT2D eigenvalue weighted by Crippen LogP contribution is 2.29. The van der Waals surface area contributed by atoms with Gasteiger partial charge in [0.1, 0.15) is 5.82 Å². The molecular weight excluding hydrogens is 298 g/mol. The maximum Gasteiger partial charge on any atom is 0.123 e. The largest absolute Gasteiger partial charge is 0.271 e. The van der Waals surface area contributed by atoms with Crippen molar-refractivity contribution in [3.63, 3.8) is 0 Å². The molecule has 1 unspecified atom stereocenters. The van der Waals surface area contributed by atoms with Crippen LogP contribution in [0.15, 0.2) is 36.4 Å². The van der Waals surface area contributed by atoms with E-state index in [9.17, 15) is 4.39 Å².